The van der Waals surface area contributed by atoms with Crippen LogP contribution in [0.2, 0.25) is 0 Å². The number of carbonyl (C=O) groups is 1. The van der Waals surface area contributed by atoms with Gasteiger partial charge in [0, 0.05) is 5.56 Å². The summed E-state index contributed by atoms with van der Waals surface area (Å²) in [7, 11) is 0. The maximum absolute atomic E-state index is 11.7. The molecule has 0 saturated carbocycles. The van der Waals surface area contributed by atoms with Gasteiger partial charge in [0.1, 0.15) is 5.75 Å². The number of rotatable bonds is 5. The molecule has 0 amide bonds. The minimum atomic E-state index is -0.452. The number of ether oxygens (including phenoxy) is 1. The summed E-state index contributed by atoms with van der Waals surface area (Å²) in [5.74, 6) is 5.59. The lowest BCUT2D eigenvalue weighted by Crippen LogP contribution is -2.20. The van der Waals surface area contributed by atoms with Gasteiger partial charge in [-0.2, -0.15) is 0 Å². The second-order valence-electron chi connectivity index (χ2n) is 9.22. The molecule has 0 atom stereocenters. The molecule has 168 valence electrons. The topological polar surface area (TPSA) is 46.5 Å². The number of hydrogen-bond acceptors (Lipinski definition) is 3. The van der Waals surface area contributed by atoms with Crippen LogP contribution in [0, 0.1) is 17.3 Å². The zero-order valence-corrected chi connectivity index (χ0v) is 20.4. The summed E-state index contributed by atoms with van der Waals surface area (Å²) in [5, 5.41) is 10.2. The van der Waals surface area contributed by atoms with Gasteiger partial charge in [0.2, 0.25) is 0 Å². The average Bonchev–Trinajstić information content (AvgIpc) is 2.73. The first-order valence-corrected chi connectivity index (χ1v) is 11.1. The molecule has 3 heteroatoms. The lowest BCUT2D eigenvalue weighted by Gasteiger charge is -2.29. The second-order valence-corrected chi connectivity index (χ2v) is 9.22. The van der Waals surface area contributed by atoms with E-state index >= 15 is 0 Å². The molecule has 31 heavy (non-hydrogen) atoms. The standard InChI is InChI=1S/C26H32O3.C2H6/c1-7-29-24(28)21-13-12-20(23(27)18-21)11-8-19-9-14-22(15-10-19)26(5,6)17-16-25(2,3)4;1-2/h9-10,12-15,18,27H,7,16-17H2,1-6H3;1-2H3. The number of phenolic OH excluding ortho intramolecular Hbond substituents is 1. The summed E-state index contributed by atoms with van der Waals surface area (Å²) >= 11 is 0. The molecule has 2 aromatic rings. The molecule has 2 aromatic carbocycles. The predicted octanol–water partition coefficient (Wildman–Crippen LogP) is 7.10. The van der Waals surface area contributed by atoms with Gasteiger partial charge in [-0.25, -0.2) is 4.79 Å². The first-order chi connectivity index (χ1) is 14.5. The van der Waals surface area contributed by atoms with Crippen molar-refractivity contribution in [2.24, 2.45) is 5.41 Å². The molecule has 0 radical (unpaired) electrons. The summed E-state index contributed by atoms with van der Waals surface area (Å²) in [6.07, 6.45) is 2.30. The normalized spacial score (nSPS) is 11.0. The van der Waals surface area contributed by atoms with Crippen LogP contribution in [0.1, 0.15) is 95.3 Å². The van der Waals surface area contributed by atoms with Crippen molar-refractivity contribution in [1.29, 1.82) is 0 Å². The summed E-state index contributed by atoms with van der Waals surface area (Å²) < 4.78 is 4.94. The monoisotopic (exact) mass is 422 g/mol. The average molecular weight is 423 g/mol. The Morgan fingerprint density at radius 2 is 1.55 bits per heavy atom. The predicted molar refractivity (Wildman–Crippen MR) is 130 cm³/mol. The number of hydrogen-bond donors (Lipinski definition) is 1. The Hall–Kier alpha value is -2.73. The lowest BCUT2D eigenvalue weighted by atomic mass is 9.76. The molecule has 0 bridgehead atoms. The zero-order chi connectivity index (χ0) is 23.7. The molecule has 3 nitrogen and oxygen atoms in total. The Kier molecular flexibility index (Phi) is 9.85. The molecule has 0 aliphatic heterocycles. The van der Waals surface area contributed by atoms with E-state index in [1.807, 2.05) is 26.0 Å². The van der Waals surface area contributed by atoms with Crippen LogP contribution in [0.15, 0.2) is 42.5 Å². The second kappa shape index (κ2) is 11.6. The van der Waals surface area contributed by atoms with Gasteiger partial charge in [0.25, 0.3) is 0 Å². The van der Waals surface area contributed by atoms with E-state index in [4.69, 9.17) is 4.74 Å². The van der Waals surface area contributed by atoms with Crippen molar-refractivity contribution in [2.45, 2.75) is 73.6 Å². The van der Waals surface area contributed by atoms with Crippen LogP contribution in [0.4, 0.5) is 0 Å². The van der Waals surface area contributed by atoms with Crippen molar-refractivity contribution < 1.29 is 14.6 Å². The molecular weight excluding hydrogens is 384 g/mol. The number of benzene rings is 2. The molecule has 0 aliphatic carbocycles. The summed E-state index contributed by atoms with van der Waals surface area (Å²) in [6, 6.07) is 13.0. The molecule has 0 aliphatic rings. The maximum Gasteiger partial charge on any atom is 0.338 e. The third-order valence-corrected chi connectivity index (χ3v) is 5.02. The fourth-order valence-electron chi connectivity index (χ4n) is 2.95. The Balaban J connectivity index is 0.00000233. The van der Waals surface area contributed by atoms with Crippen molar-refractivity contribution in [3.63, 3.8) is 0 Å². The van der Waals surface area contributed by atoms with Gasteiger partial charge in [-0.1, -0.05) is 72.4 Å². The van der Waals surface area contributed by atoms with Crippen LogP contribution in [0.25, 0.3) is 0 Å². The Labute approximate surface area is 188 Å². The molecule has 0 fully saturated rings. The van der Waals surface area contributed by atoms with Crippen LogP contribution in [-0.4, -0.2) is 17.7 Å². The van der Waals surface area contributed by atoms with Crippen molar-refractivity contribution in [3.05, 3.63) is 64.7 Å². The summed E-state index contributed by atoms with van der Waals surface area (Å²) in [6.45, 7) is 17.4. The lowest BCUT2D eigenvalue weighted by molar-refractivity contribution is 0.0526. The van der Waals surface area contributed by atoms with Gasteiger partial charge >= 0.3 is 5.97 Å². The van der Waals surface area contributed by atoms with E-state index in [0.717, 1.165) is 12.0 Å². The van der Waals surface area contributed by atoms with E-state index < -0.39 is 5.97 Å². The molecule has 0 unspecified atom stereocenters. The van der Waals surface area contributed by atoms with E-state index in [2.05, 4.69) is 58.6 Å². The molecular formula is C28H38O3. The molecule has 2 rings (SSSR count). The first-order valence-electron chi connectivity index (χ1n) is 11.1. The number of aromatic hydroxyl groups is 1. The van der Waals surface area contributed by atoms with Crippen LogP contribution in [0.5, 0.6) is 5.75 Å². The van der Waals surface area contributed by atoms with Gasteiger partial charge in [-0.3, -0.25) is 0 Å². The van der Waals surface area contributed by atoms with Crippen molar-refractivity contribution >= 4 is 5.97 Å². The van der Waals surface area contributed by atoms with Crippen LogP contribution < -0.4 is 0 Å². The zero-order valence-electron chi connectivity index (χ0n) is 20.4. The SMILES string of the molecule is CC.CCOC(=O)c1ccc(C#Cc2ccc(C(C)(C)CCC(C)(C)C)cc2)c(O)c1. The van der Waals surface area contributed by atoms with Crippen LogP contribution >= 0.6 is 0 Å². The molecule has 0 aromatic heterocycles. The Morgan fingerprint density at radius 3 is 2.06 bits per heavy atom. The fraction of sp³-hybridized carbons (Fsp3) is 0.464. The number of esters is 1. The molecule has 0 saturated heterocycles. The minimum absolute atomic E-state index is 0.0250. The van der Waals surface area contributed by atoms with Gasteiger partial charge < -0.3 is 9.84 Å². The molecule has 0 heterocycles. The summed E-state index contributed by atoms with van der Waals surface area (Å²) in [4.78, 5) is 11.7. The number of carbonyl (C=O) groups excluding carboxylic acids is 1. The van der Waals surface area contributed by atoms with Crippen LogP contribution in [0.3, 0.4) is 0 Å². The fourth-order valence-corrected chi connectivity index (χ4v) is 2.95. The van der Waals surface area contributed by atoms with E-state index in [-0.39, 0.29) is 11.2 Å². The Bertz CT molecular complexity index is 904. The van der Waals surface area contributed by atoms with E-state index in [0.29, 0.717) is 23.1 Å². The summed E-state index contributed by atoms with van der Waals surface area (Å²) in [5.41, 5.74) is 3.42. The molecule has 1 N–H and O–H groups in total. The van der Waals surface area contributed by atoms with Crippen molar-refractivity contribution in [2.75, 3.05) is 6.61 Å². The van der Waals surface area contributed by atoms with E-state index in [1.54, 1.807) is 19.1 Å². The minimum Gasteiger partial charge on any atom is -0.507 e. The quantitative estimate of drug-likeness (QED) is 0.413. The van der Waals surface area contributed by atoms with Gasteiger partial charge in [-0.15, -0.1) is 0 Å². The highest BCUT2D eigenvalue weighted by molar-refractivity contribution is 5.90. The van der Waals surface area contributed by atoms with Gasteiger partial charge in [0.05, 0.1) is 17.7 Å². The largest absolute Gasteiger partial charge is 0.507 e. The first kappa shape index (κ1) is 26.3. The van der Waals surface area contributed by atoms with E-state index in [9.17, 15) is 9.90 Å². The van der Waals surface area contributed by atoms with Gasteiger partial charge in [0.15, 0.2) is 0 Å². The maximum atomic E-state index is 11.7. The molecule has 0 spiro atoms. The smallest absolute Gasteiger partial charge is 0.338 e. The highest BCUT2D eigenvalue weighted by Crippen LogP contribution is 2.33. The van der Waals surface area contributed by atoms with Crippen molar-refractivity contribution in [3.8, 4) is 17.6 Å². The van der Waals surface area contributed by atoms with Crippen LogP contribution in [-0.2, 0) is 10.2 Å². The van der Waals surface area contributed by atoms with Crippen molar-refractivity contribution in [1.82, 2.24) is 0 Å². The third kappa shape index (κ3) is 8.50. The van der Waals surface area contributed by atoms with E-state index in [1.165, 1.54) is 18.1 Å². The highest BCUT2D eigenvalue weighted by atomic mass is 16.5. The third-order valence-electron chi connectivity index (χ3n) is 5.02. The number of phenols is 1. The Morgan fingerprint density at radius 1 is 0.935 bits per heavy atom. The van der Waals surface area contributed by atoms with Gasteiger partial charge in [-0.05, 0) is 66.5 Å². The highest BCUT2D eigenvalue weighted by Gasteiger charge is 2.23.